The topological polar surface area (TPSA) is 3.24 Å². The summed E-state index contributed by atoms with van der Waals surface area (Å²) in [6, 6.07) is 0. The van der Waals surface area contributed by atoms with Crippen LogP contribution in [0.25, 0.3) is 0 Å². The molecule has 0 aromatic carbocycles. The molecule has 0 aromatic heterocycles. The third-order valence-corrected chi connectivity index (χ3v) is 4.88. The van der Waals surface area contributed by atoms with Crippen molar-refractivity contribution < 1.29 is 0 Å². The van der Waals surface area contributed by atoms with Crippen LogP contribution < -0.4 is 0 Å². The average molecular weight is 302 g/mol. The molecule has 0 saturated heterocycles. The van der Waals surface area contributed by atoms with Gasteiger partial charge in [-0.1, -0.05) is 68.4 Å². The van der Waals surface area contributed by atoms with E-state index in [2.05, 4.69) is 82.2 Å². The molecule has 0 aromatic rings. The van der Waals surface area contributed by atoms with E-state index >= 15 is 0 Å². The highest BCUT2D eigenvalue weighted by Crippen LogP contribution is 2.28. The summed E-state index contributed by atoms with van der Waals surface area (Å²) in [4.78, 5) is 2.52. The van der Waals surface area contributed by atoms with Gasteiger partial charge >= 0.3 is 0 Å². The van der Waals surface area contributed by atoms with E-state index in [1.54, 1.807) is 0 Å². The maximum Gasteiger partial charge on any atom is 0.00498 e. The molecule has 1 rings (SSSR count). The molecule has 0 N–H and O–H groups in total. The van der Waals surface area contributed by atoms with Gasteiger partial charge in [0.25, 0.3) is 0 Å². The Labute approximate surface area is 138 Å². The maximum absolute atomic E-state index is 2.52. The van der Waals surface area contributed by atoms with Crippen LogP contribution >= 0.6 is 0 Å². The molecule has 0 amide bonds. The van der Waals surface area contributed by atoms with Crippen LogP contribution in [0.4, 0.5) is 0 Å². The Kier molecular flexibility index (Phi) is 9.15. The molecular formula is C21H35N. The van der Waals surface area contributed by atoms with E-state index in [-0.39, 0.29) is 0 Å². The van der Waals surface area contributed by atoms with Crippen molar-refractivity contribution in [1.82, 2.24) is 4.90 Å². The van der Waals surface area contributed by atoms with Crippen LogP contribution in [-0.2, 0) is 0 Å². The van der Waals surface area contributed by atoms with Crippen LogP contribution in [-0.4, -0.2) is 25.0 Å². The number of hydrogen-bond acceptors (Lipinski definition) is 1. The third kappa shape index (κ3) is 6.79. The molecule has 0 fully saturated rings. The first-order chi connectivity index (χ1) is 10.6. The largest absolute Gasteiger partial charge is 0.306 e. The highest BCUT2D eigenvalue weighted by atomic mass is 15.1. The average Bonchev–Trinajstić information content (AvgIpc) is 2.56. The molecule has 1 nitrogen and oxygen atoms in total. The van der Waals surface area contributed by atoms with Gasteiger partial charge < -0.3 is 4.90 Å². The first-order valence-corrected chi connectivity index (χ1v) is 8.89. The van der Waals surface area contributed by atoms with Gasteiger partial charge in [-0.2, -0.15) is 0 Å². The zero-order chi connectivity index (χ0) is 16.4. The highest BCUT2D eigenvalue weighted by Gasteiger charge is 2.22. The van der Waals surface area contributed by atoms with Gasteiger partial charge in [-0.05, 0) is 58.0 Å². The first kappa shape index (κ1) is 19.0. The van der Waals surface area contributed by atoms with Crippen LogP contribution in [0.3, 0.4) is 0 Å². The fourth-order valence-corrected chi connectivity index (χ4v) is 2.96. The number of hydrogen-bond donors (Lipinski definition) is 0. The van der Waals surface area contributed by atoms with Gasteiger partial charge in [-0.3, -0.25) is 0 Å². The zero-order valence-electron chi connectivity index (χ0n) is 15.3. The minimum absolute atomic E-state index is 0.610. The molecule has 1 aliphatic rings. The molecule has 0 heterocycles. The predicted octanol–water partition coefficient (Wildman–Crippen LogP) is 5.63. The summed E-state index contributed by atoms with van der Waals surface area (Å²) >= 11 is 0. The zero-order valence-corrected chi connectivity index (χ0v) is 15.3. The molecule has 0 bridgehead atoms. The summed E-state index contributed by atoms with van der Waals surface area (Å²) in [7, 11) is 2.28. The molecule has 3 unspecified atom stereocenters. The van der Waals surface area contributed by atoms with E-state index < -0.39 is 0 Å². The Bertz CT molecular complexity index is 414. The lowest BCUT2D eigenvalue weighted by atomic mass is 9.81. The summed E-state index contributed by atoms with van der Waals surface area (Å²) in [5, 5.41) is 0. The summed E-state index contributed by atoms with van der Waals surface area (Å²) in [5.74, 6) is 2.08. The molecular weight excluding hydrogens is 266 g/mol. The van der Waals surface area contributed by atoms with Gasteiger partial charge in [-0.25, -0.2) is 0 Å². The second-order valence-corrected chi connectivity index (χ2v) is 6.82. The van der Waals surface area contributed by atoms with Crippen LogP contribution in [0.5, 0.6) is 0 Å². The first-order valence-electron chi connectivity index (χ1n) is 8.89. The van der Waals surface area contributed by atoms with Gasteiger partial charge in [0, 0.05) is 6.54 Å². The van der Waals surface area contributed by atoms with Crippen molar-refractivity contribution in [3.05, 3.63) is 48.1 Å². The summed E-state index contributed by atoms with van der Waals surface area (Å²) in [6.07, 6.45) is 19.4. The Hall–Kier alpha value is -1.08. The Morgan fingerprint density at radius 2 is 2.14 bits per heavy atom. The fourth-order valence-electron chi connectivity index (χ4n) is 2.96. The summed E-state index contributed by atoms with van der Waals surface area (Å²) in [5.41, 5.74) is 1.50. The van der Waals surface area contributed by atoms with E-state index in [1.807, 2.05) is 0 Å². The van der Waals surface area contributed by atoms with E-state index in [1.165, 1.54) is 31.4 Å². The molecule has 0 radical (unpaired) electrons. The van der Waals surface area contributed by atoms with E-state index in [0.29, 0.717) is 11.8 Å². The molecule has 3 atom stereocenters. The third-order valence-electron chi connectivity index (χ3n) is 4.88. The molecule has 0 spiro atoms. The molecule has 0 saturated carbocycles. The Balaban J connectivity index is 2.69. The maximum atomic E-state index is 2.52. The number of nitrogens with zero attached hydrogens (tertiary/aromatic N) is 1. The van der Waals surface area contributed by atoms with Crippen molar-refractivity contribution in [2.75, 3.05) is 20.1 Å². The van der Waals surface area contributed by atoms with Crippen LogP contribution in [0.2, 0.25) is 0 Å². The number of allylic oxidation sites excluding steroid dienone is 7. The molecule has 1 heteroatoms. The fraction of sp³-hybridized carbons (Fsp3) is 0.619. The summed E-state index contributed by atoms with van der Waals surface area (Å²) in [6.45, 7) is 11.4. The van der Waals surface area contributed by atoms with Gasteiger partial charge in [0.05, 0.1) is 0 Å². The van der Waals surface area contributed by atoms with E-state index in [0.717, 1.165) is 12.5 Å². The smallest absolute Gasteiger partial charge is 0.00498 e. The van der Waals surface area contributed by atoms with Gasteiger partial charge in [0.1, 0.15) is 0 Å². The lowest BCUT2D eigenvalue weighted by Crippen LogP contribution is -2.32. The minimum atomic E-state index is 0.610. The second-order valence-electron chi connectivity index (χ2n) is 6.82. The second kappa shape index (κ2) is 10.6. The van der Waals surface area contributed by atoms with Crippen molar-refractivity contribution in [2.24, 2.45) is 17.8 Å². The van der Waals surface area contributed by atoms with Crippen LogP contribution in [0.15, 0.2) is 48.1 Å². The van der Waals surface area contributed by atoms with Crippen molar-refractivity contribution in [3.8, 4) is 0 Å². The molecule has 0 aliphatic heterocycles. The van der Waals surface area contributed by atoms with Crippen molar-refractivity contribution in [3.63, 3.8) is 0 Å². The Morgan fingerprint density at radius 3 is 2.73 bits per heavy atom. The summed E-state index contributed by atoms with van der Waals surface area (Å²) < 4.78 is 0. The minimum Gasteiger partial charge on any atom is -0.306 e. The van der Waals surface area contributed by atoms with Crippen molar-refractivity contribution in [2.45, 2.75) is 47.0 Å². The van der Waals surface area contributed by atoms with Gasteiger partial charge in [0.15, 0.2) is 0 Å². The van der Waals surface area contributed by atoms with Crippen molar-refractivity contribution in [1.29, 1.82) is 0 Å². The molecule has 22 heavy (non-hydrogen) atoms. The highest BCUT2D eigenvalue weighted by molar-refractivity contribution is 5.20. The monoisotopic (exact) mass is 301 g/mol. The SMILES string of the molecule is C/C=C\C=C(/C)C(CN(C)CCC(C)CC)C1C=CC=CC1. The quantitative estimate of drug-likeness (QED) is 0.499. The normalized spacial score (nSPS) is 21.7. The Morgan fingerprint density at radius 1 is 1.36 bits per heavy atom. The molecule has 1 aliphatic carbocycles. The molecule has 124 valence electrons. The van der Waals surface area contributed by atoms with Gasteiger partial charge in [-0.15, -0.1) is 0 Å². The van der Waals surface area contributed by atoms with Crippen LogP contribution in [0.1, 0.15) is 47.0 Å². The van der Waals surface area contributed by atoms with E-state index in [9.17, 15) is 0 Å². The van der Waals surface area contributed by atoms with Crippen molar-refractivity contribution >= 4 is 0 Å². The predicted molar refractivity (Wildman–Crippen MR) is 100 cm³/mol. The van der Waals surface area contributed by atoms with Crippen LogP contribution in [0, 0.1) is 17.8 Å². The number of rotatable bonds is 9. The van der Waals surface area contributed by atoms with Gasteiger partial charge in [0.2, 0.25) is 0 Å². The lowest BCUT2D eigenvalue weighted by molar-refractivity contribution is 0.248. The van der Waals surface area contributed by atoms with E-state index in [4.69, 9.17) is 0 Å². The lowest BCUT2D eigenvalue weighted by Gasteiger charge is -2.31. The standard InChI is InChI=1S/C21H35N/c1-6-8-12-19(4)21(20-13-10-9-11-14-20)17-22(5)16-15-18(3)7-2/h6,8-13,18,20-21H,7,14-17H2,1-5H3/b8-6-,19-12+.